The Kier molecular flexibility index (Phi) is 3.41. The average molecular weight is 183 g/mol. The van der Waals surface area contributed by atoms with Gasteiger partial charge in [0.1, 0.15) is 0 Å². The van der Waals surface area contributed by atoms with Crippen molar-refractivity contribution in [1.29, 1.82) is 0 Å². The fourth-order valence-electron chi connectivity index (χ4n) is 1.25. The van der Waals surface area contributed by atoms with Crippen LogP contribution in [0.1, 0.15) is 11.7 Å². The van der Waals surface area contributed by atoms with E-state index < -0.39 is 0 Å². The first kappa shape index (κ1) is 10.2. The van der Waals surface area contributed by atoms with Gasteiger partial charge in [-0.25, -0.2) is 15.4 Å². The second-order valence-corrected chi connectivity index (χ2v) is 3.24. The van der Waals surface area contributed by atoms with E-state index in [9.17, 15) is 0 Å². The molecule has 3 N–H and O–H groups in total. The van der Waals surface area contributed by atoms with Gasteiger partial charge in [0, 0.05) is 33.9 Å². The molecule has 0 aliphatic rings. The van der Waals surface area contributed by atoms with Gasteiger partial charge in [-0.3, -0.25) is 0 Å². The molecular weight excluding hydrogens is 166 g/mol. The Balaban J connectivity index is 2.72. The summed E-state index contributed by atoms with van der Waals surface area (Å²) in [4.78, 5) is 4.05. The Morgan fingerprint density at radius 3 is 2.77 bits per heavy atom. The van der Waals surface area contributed by atoms with Crippen molar-refractivity contribution in [2.75, 3.05) is 20.6 Å². The predicted molar refractivity (Wildman–Crippen MR) is 51.8 cm³/mol. The number of aryl methyl sites for hydroxylation is 1. The fourth-order valence-corrected chi connectivity index (χ4v) is 1.25. The number of nitrogens with zero attached hydrogens (tertiary/aromatic N) is 3. The molecule has 0 fully saturated rings. The lowest BCUT2D eigenvalue weighted by Crippen LogP contribution is -2.38. The van der Waals surface area contributed by atoms with Crippen LogP contribution in [0.4, 0.5) is 0 Å². The molecule has 0 spiro atoms. The first-order chi connectivity index (χ1) is 6.15. The minimum atomic E-state index is 0.127. The number of rotatable bonds is 4. The third-order valence-electron chi connectivity index (χ3n) is 1.86. The summed E-state index contributed by atoms with van der Waals surface area (Å²) in [6, 6.07) is 0.127. The largest absolute Gasteiger partial charge is 0.336 e. The molecule has 0 bridgehead atoms. The van der Waals surface area contributed by atoms with Gasteiger partial charge in [-0.15, -0.1) is 0 Å². The van der Waals surface area contributed by atoms with Gasteiger partial charge < -0.3 is 10.3 Å². The highest BCUT2D eigenvalue weighted by Gasteiger charge is 2.12. The minimum absolute atomic E-state index is 0.127. The van der Waals surface area contributed by atoms with Gasteiger partial charge in [0.05, 0.1) is 18.1 Å². The molecule has 0 saturated heterocycles. The van der Waals surface area contributed by atoms with Crippen molar-refractivity contribution in [1.82, 2.24) is 20.0 Å². The van der Waals surface area contributed by atoms with Gasteiger partial charge in [-0.2, -0.15) is 0 Å². The van der Waals surface area contributed by atoms with Gasteiger partial charge in [-0.05, 0) is 0 Å². The molecule has 0 aliphatic heterocycles. The molecule has 0 saturated carbocycles. The molecule has 1 heterocycles. The lowest BCUT2D eigenvalue weighted by atomic mass is 10.2. The van der Waals surface area contributed by atoms with Crippen molar-refractivity contribution in [2.24, 2.45) is 12.8 Å². The standard InChI is InChI=1S/C8H17N5/c1-12(2)11-7(4-9)8-5-10-6-13(8)3/h5-7,11H,4,9H2,1-3H3. The molecule has 1 unspecified atom stereocenters. The van der Waals surface area contributed by atoms with Crippen LogP contribution in [0.25, 0.3) is 0 Å². The van der Waals surface area contributed by atoms with Crippen molar-refractivity contribution in [3.63, 3.8) is 0 Å². The van der Waals surface area contributed by atoms with Crippen LogP contribution >= 0.6 is 0 Å². The number of nitrogens with one attached hydrogen (secondary N) is 1. The average Bonchev–Trinajstić information content (AvgIpc) is 2.47. The van der Waals surface area contributed by atoms with E-state index in [0.717, 1.165) is 5.69 Å². The minimum Gasteiger partial charge on any atom is -0.336 e. The Bertz CT molecular complexity index is 255. The summed E-state index contributed by atoms with van der Waals surface area (Å²) in [7, 11) is 5.85. The zero-order valence-electron chi connectivity index (χ0n) is 8.36. The predicted octanol–water partition coefficient (Wildman–Crippen LogP) is -0.514. The van der Waals surface area contributed by atoms with E-state index in [4.69, 9.17) is 5.73 Å². The summed E-state index contributed by atoms with van der Waals surface area (Å²) in [5.41, 5.74) is 9.96. The van der Waals surface area contributed by atoms with Crippen LogP contribution in [-0.2, 0) is 7.05 Å². The summed E-state index contributed by atoms with van der Waals surface area (Å²) in [6.45, 7) is 0.553. The smallest absolute Gasteiger partial charge is 0.0946 e. The van der Waals surface area contributed by atoms with Crippen LogP contribution < -0.4 is 11.2 Å². The summed E-state index contributed by atoms with van der Waals surface area (Å²) >= 11 is 0. The number of hydrogen-bond donors (Lipinski definition) is 2. The van der Waals surface area contributed by atoms with Crippen molar-refractivity contribution in [3.8, 4) is 0 Å². The van der Waals surface area contributed by atoms with Crippen LogP contribution in [0.2, 0.25) is 0 Å². The maximum absolute atomic E-state index is 5.65. The van der Waals surface area contributed by atoms with Crippen LogP contribution in [-0.4, -0.2) is 35.2 Å². The van der Waals surface area contributed by atoms with Crippen LogP contribution in [0.5, 0.6) is 0 Å². The van der Waals surface area contributed by atoms with Gasteiger partial charge in [0.2, 0.25) is 0 Å². The third kappa shape index (κ3) is 2.51. The van der Waals surface area contributed by atoms with E-state index in [-0.39, 0.29) is 6.04 Å². The lowest BCUT2D eigenvalue weighted by molar-refractivity contribution is 0.241. The molecule has 5 nitrogen and oxygen atoms in total. The molecule has 1 atom stereocenters. The molecule has 5 heteroatoms. The highest BCUT2D eigenvalue weighted by molar-refractivity contribution is 5.04. The molecule has 1 aromatic rings. The molecule has 74 valence electrons. The van der Waals surface area contributed by atoms with E-state index in [0.29, 0.717) is 6.54 Å². The van der Waals surface area contributed by atoms with Gasteiger partial charge in [-0.1, -0.05) is 0 Å². The normalized spacial score (nSPS) is 13.6. The van der Waals surface area contributed by atoms with E-state index in [1.54, 1.807) is 6.33 Å². The summed E-state index contributed by atoms with van der Waals surface area (Å²) in [5.74, 6) is 0. The zero-order valence-corrected chi connectivity index (χ0v) is 8.36. The summed E-state index contributed by atoms with van der Waals surface area (Å²) < 4.78 is 1.97. The Labute approximate surface area is 78.5 Å². The SMILES string of the molecule is CN(C)NC(CN)c1cncn1C. The monoisotopic (exact) mass is 183 g/mol. The Hall–Kier alpha value is -0.910. The molecule has 0 amide bonds. The first-order valence-corrected chi connectivity index (χ1v) is 4.25. The van der Waals surface area contributed by atoms with Crippen LogP contribution in [0, 0.1) is 0 Å². The van der Waals surface area contributed by atoms with Crippen molar-refractivity contribution in [2.45, 2.75) is 6.04 Å². The third-order valence-corrected chi connectivity index (χ3v) is 1.86. The van der Waals surface area contributed by atoms with Gasteiger partial charge in [0.15, 0.2) is 0 Å². The van der Waals surface area contributed by atoms with E-state index in [1.165, 1.54) is 0 Å². The van der Waals surface area contributed by atoms with Crippen molar-refractivity contribution >= 4 is 0 Å². The molecule has 1 aromatic heterocycles. The number of hydrogen-bond acceptors (Lipinski definition) is 4. The van der Waals surface area contributed by atoms with Crippen molar-refractivity contribution in [3.05, 3.63) is 18.2 Å². The van der Waals surface area contributed by atoms with Gasteiger partial charge in [0.25, 0.3) is 0 Å². The Morgan fingerprint density at radius 2 is 2.38 bits per heavy atom. The number of imidazole rings is 1. The highest BCUT2D eigenvalue weighted by atomic mass is 15.5. The molecule has 0 radical (unpaired) electrons. The number of hydrazine groups is 1. The van der Waals surface area contributed by atoms with Crippen molar-refractivity contribution < 1.29 is 0 Å². The van der Waals surface area contributed by atoms with Crippen LogP contribution in [0.3, 0.4) is 0 Å². The maximum Gasteiger partial charge on any atom is 0.0946 e. The lowest BCUT2D eigenvalue weighted by Gasteiger charge is -2.21. The van der Waals surface area contributed by atoms with Crippen LogP contribution in [0.15, 0.2) is 12.5 Å². The van der Waals surface area contributed by atoms with E-state index in [1.807, 2.05) is 36.9 Å². The summed E-state index contributed by atoms with van der Waals surface area (Å²) in [5, 5.41) is 1.89. The molecule has 1 rings (SSSR count). The molecule has 13 heavy (non-hydrogen) atoms. The Morgan fingerprint density at radius 1 is 1.69 bits per heavy atom. The fraction of sp³-hybridized carbons (Fsp3) is 0.625. The molecule has 0 aliphatic carbocycles. The highest BCUT2D eigenvalue weighted by Crippen LogP contribution is 2.09. The second-order valence-electron chi connectivity index (χ2n) is 3.24. The molecular formula is C8H17N5. The van der Waals surface area contributed by atoms with E-state index >= 15 is 0 Å². The van der Waals surface area contributed by atoms with E-state index in [2.05, 4.69) is 10.4 Å². The first-order valence-electron chi connectivity index (χ1n) is 4.25. The summed E-state index contributed by atoms with van der Waals surface area (Å²) in [6.07, 6.45) is 3.60. The maximum atomic E-state index is 5.65. The van der Waals surface area contributed by atoms with Gasteiger partial charge >= 0.3 is 0 Å². The topological polar surface area (TPSA) is 59.1 Å². The number of nitrogens with two attached hydrogens (primary N) is 1. The molecule has 0 aromatic carbocycles. The zero-order chi connectivity index (χ0) is 9.84. The second kappa shape index (κ2) is 4.36. The number of aromatic nitrogens is 2. The quantitative estimate of drug-likeness (QED) is 0.617.